The Morgan fingerprint density at radius 2 is 1.89 bits per heavy atom. The van der Waals surface area contributed by atoms with E-state index in [4.69, 9.17) is 5.11 Å². The summed E-state index contributed by atoms with van der Waals surface area (Å²) in [5, 5.41) is 13.7. The summed E-state index contributed by atoms with van der Waals surface area (Å²) in [6.45, 7) is 0. The summed E-state index contributed by atoms with van der Waals surface area (Å²) in [6.07, 6.45) is -5.49. The van der Waals surface area contributed by atoms with Gasteiger partial charge in [-0.1, -0.05) is 0 Å². The number of fused-ring (bicyclic) bond motifs is 1. The Morgan fingerprint density at radius 1 is 1.26 bits per heavy atom. The number of H-pyrrole nitrogens is 1. The lowest BCUT2D eigenvalue weighted by atomic mass is 10.1. The van der Waals surface area contributed by atoms with Crippen LogP contribution in [0.2, 0.25) is 0 Å². The molecule has 0 unspecified atom stereocenters. The SMILES string of the molecule is O=C(O)c1[nH]nc2ncc(C(F)(F)C(F)(F)F)cc12. The van der Waals surface area contributed by atoms with Crippen LogP contribution in [0.15, 0.2) is 12.3 Å². The second kappa shape index (κ2) is 3.87. The van der Waals surface area contributed by atoms with Crippen molar-refractivity contribution in [3.05, 3.63) is 23.5 Å². The van der Waals surface area contributed by atoms with E-state index in [1.807, 2.05) is 5.10 Å². The second-order valence-electron chi connectivity index (χ2n) is 3.57. The molecule has 0 radical (unpaired) electrons. The quantitative estimate of drug-likeness (QED) is 0.828. The Labute approximate surface area is 101 Å². The number of nitrogens with one attached hydrogen (secondary N) is 1. The molecule has 19 heavy (non-hydrogen) atoms. The van der Waals surface area contributed by atoms with Gasteiger partial charge in [0.05, 0.1) is 5.39 Å². The van der Waals surface area contributed by atoms with Gasteiger partial charge >= 0.3 is 18.1 Å². The predicted octanol–water partition coefficient (Wildman–Crippen LogP) is 2.31. The van der Waals surface area contributed by atoms with Crippen LogP contribution in [0.1, 0.15) is 16.1 Å². The van der Waals surface area contributed by atoms with Crippen molar-refractivity contribution in [2.75, 3.05) is 0 Å². The molecule has 2 aromatic rings. The molecule has 0 saturated carbocycles. The van der Waals surface area contributed by atoms with Crippen LogP contribution >= 0.6 is 0 Å². The summed E-state index contributed by atoms with van der Waals surface area (Å²) in [6, 6.07) is 0.406. The van der Waals surface area contributed by atoms with E-state index in [0.717, 1.165) is 0 Å². The fourth-order valence-corrected chi connectivity index (χ4v) is 1.40. The zero-order chi connectivity index (χ0) is 14.4. The van der Waals surface area contributed by atoms with Gasteiger partial charge in [-0.05, 0) is 6.07 Å². The molecule has 0 atom stereocenters. The lowest BCUT2D eigenvalue weighted by Crippen LogP contribution is -2.33. The van der Waals surface area contributed by atoms with E-state index in [9.17, 15) is 26.7 Å². The fourth-order valence-electron chi connectivity index (χ4n) is 1.40. The largest absolute Gasteiger partial charge is 0.477 e. The molecule has 0 fully saturated rings. The first kappa shape index (κ1) is 13.2. The van der Waals surface area contributed by atoms with Gasteiger partial charge in [-0.2, -0.15) is 27.1 Å². The zero-order valence-electron chi connectivity index (χ0n) is 8.79. The number of pyridine rings is 1. The second-order valence-corrected chi connectivity index (χ2v) is 3.57. The minimum absolute atomic E-state index is 0.265. The number of alkyl halides is 5. The first-order valence-corrected chi connectivity index (χ1v) is 4.67. The molecule has 10 heteroatoms. The monoisotopic (exact) mass is 281 g/mol. The van der Waals surface area contributed by atoms with Gasteiger partial charge in [-0.3, -0.25) is 5.10 Å². The van der Waals surface area contributed by atoms with E-state index in [2.05, 4.69) is 10.1 Å². The van der Waals surface area contributed by atoms with Gasteiger partial charge < -0.3 is 5.11 Å². The maximum Gasteiger partial charge on any atom is 0.458 e. The number of carboxylic acid groups (broad SMARTS) is 1. The molecule has 5 nitrogen and oxygen atoms in total. The Kier molecular flexibility index (Phi) is 2.68. The number of aromatic carboxylic acids is 1. The van der Waals surface area contributed by atoms with Gasteiger partial charge in [-0.25, -0.2) is 9.78 Å². The van der Waals surface area contributed by atoms with Crippen LogP contribution in [-0.4, -0.2) is 32.4 Å². The minimum Gasteiger partial charge on any atom is -0.477 e. The minimum atomic E-state index is -5.80. The summed E-state index contributed by atoms with van der Waals surface area (Å²) in [5.74, 6) is -6.67. The Balaban J connectivity index is 2.64. The molecule has 2 N–H and O–H groups in total. The smallest absolute Gasteiger partial charge is 0.458 e. The van der Waals surface area contributed by atoms with Crippen LogP contribution in [0.3, 0.4) is 0 Å². The zero-order valence-corrected chi connectivity index (χ0v) is 8.79. The third kappa shape index (κ3) is 1.98. The average Bonchev–Trinajstić information content (AvgIpc) is 2.69. The lowest BCUT2D eigenvalue weighted by molar-refractivity contribution is -0.289. The van der Waals surface area contributed by atoms with Crippen LogP contribution < -0.4 is 0 Å². The van der Waals surface area contributed by atoms with E-state index in [-0.39, 0.29) is 5.65 Å². The van der Waals surface area contributed by atoms with Crippen LogP contribution in [0, 0.1) is 0 Å². The molecule has 2 rings (SSSR count). The average molecular weight is 281 g/mol. The Morgan fingerprint density at radius 3 is 2.42 bits per heavy atom. The van der Waals surface area contributed by atoms with E-state index >= 15 is 0 Å². The first-order chi connectivity index (χ1) is 8.64. The van der Waals surface area contributed by atoms with Crippen molar-refractivity contribution in [3.63, 3.8) is 0 Å². The van der Waals surface area contributed by atoms with E-state index < -0.39 is 34.7 Å². The van der Waals surface area contributed by atoms with Crippen molar-refractivity contribution >= 4 is 17.0 Å². The van der Waals surface area contributed by atoms with Gasteiger partial charge in [0.2, 0.25) is 0 Å². The van der Waals surface area contributed by atoms with E-state index in [1.165, 1.54) is 0 Å². The number of aromatic nitrogens is 3. The molecule has 0 saturated heterocycles. The van der Waals surface area contributed by atoms with Gasteiger partial charge in [0, 0.05) is 11.8 Å². The summed E-state index contributed by atoms with van der Waals surface area (Å²) in [7, 11) is 0. The number of nitrogens with zero attached hydrogens (tertiary/aromatic N) is 2. The number of halogens is 5. The molecule has 0 spiro atoms. The molecule has 0 aliphatic rings. The van der Waals surface area contributed by atoms with Crippen molar-refractivity contribution in [3.8, 4) is 0 Å². The summed E-state index contributed by atoms with van der Waals surface area (Å²) >= 11 is 0. The first-order valence-electron chi connectivity index (χ1n) is 4.67. The standard InChI is InChI=1S/C9H4F5N3O2/c10-8(11,9(12,13)14)3-1-4-5(7(18)19)16-17-6(4)15-2-3/h1-2H,(H,18,19)(H,15,16,17). The number of hydrogen-bond donors (Lipinski definition) is 2. The number of aromatic amines is 1. The predicted molar refractivity (Wildman–Crippen MR) is 50.8 cm³/mol. The molecule has 102 valence electrons. The topological polar surface area (TPSA) is 78.9 Å². The summed E-state index contributed by atoms with van der Waals surface area (Å²) in [4.78, 5) is 14.0. The molecular formula is C9H4F5N3O2. The highest BCUT2D eigenvalue weighted by Crippen LogP contribution is 2.44. The molecule has 0 aliphatic heterocycles. The van der Waals surface area contributed by atoms with Crippen molar-refractivity contribution in [1.82, 2.24) is 15.2 Å². The van der Waals surface area contributed by atoms with Crippen molar-refractivity contribution in [2.45, 2.75) is 12.1 Å². The van der Waals surface area contributed by atoms with Crippen molar-refractivity contribution in [1.29, 1.82) is 0 Å². The van der Waals surface area contributed by atoms with Crippen molar-refractivity contribution in [2.24, 2.45) is 0 Å². The fraction of sp³-hybridized carbons (Fsp3) is 0.222. The molecule has 0 aromatic carbocycles. The van der Waals surface area contributed by atoms with Gasteiger partial charge in [0.15, 0.2) is 11.3 Å². The normalized spacial score (nSPS) is 12.9. The molecular weight excluding hydrogens is 277 g/mol. The highest BCUT2D eigenvalue weighted by atomic mass is 19.4. The molecule has 0 bridgehead atoms. The summed E-state index contributed by atoms with van der Waals surface area (Å²) < 4.78 is 62.7. The third-order valence-electron chi connectivity index (χ3n) is 2.34. The molecule has 2 aromatic heterocycles. The maximum absolute atomic E-state index is 13.1. The number of carbonyl (C=O) groups is 1. The van der Waals surface area contributed by atoms with Gasteiger partial charge in [0.1, 0.15) is 0 Å². The highest BCUT2D eigenvalue weighted by Gasteiger charge is 2.59. The third-order valence-corrected chi connectivity index (χ3v) is 2.34. The van der Waals surface area contributed by atoms with Crippen LogP contribution in [0.5, 0.6) is 0 Å². The van der Waals surface area contributed by atoms with Gasteiger partial charge in [-0.15, -0.1) is 0 Å². The molecule has 0 aliphatic carbocycles. The summed E-state index contributed by atoms with van der Waals surface area (Å²) in [5.41, 5.74) is -2.32. The van der Waals surface area contributed by atoms with Crippen molar-refractivity contribution < 1.29 is 31.9 Å². The number of hydrogen-bond acceptors (Lipinski definition) is 3. The molecule has 0 amide bonds. The van der Waals surface area contributed by atoms with E-state index in [1.54, 1.807) is 0 Å². The van der Waals surface area contributed by atoms with Crippen LogP contribution in [-0.2, 0) is 5.92 Å². The number of carboxylic acids is 1. The number of rotatable bonds is 2. The Hall–Kier alpha value is -2.26. The molecule has 2 heterocycles. The van der Waals surface area contributed by atoms with Gasteiger partial charge in [0.25, 0.3) is 0 Å². The maximum atomic E-state index is 13.1. The van der Waals surface area contributed by atoms with E-state index in [0.29, 0.717) is 12.3 Å². The lowest BCUT2D eigenvalue weighted by Gasteiger charge is -2.19. The van der Waals surface area contributed by atoms with Crippen LogP contribution in [0.25, 0.3) is 11.0 Å². The highest BCUT2D eigenvalue weighted by molar-refractivity contribution is 5.99. The Bertz CT molecular complexity index is 649. The van der Waals surface area contributed by atoms with Crippen LogP contribution in [0.4, 0.5) is 22.0 Å².